The molecule has 1 heterocycles. The molecule has 0 N–H and O–H groups in total. The average molecular weight is 568 g/mol. The van der Waals surface area contributed by atoms with Crippen LogP contribution in [0.2, 0.25) is 8.67 Å². The molecule has 39 heavy (non-hydrogen) atoms. The Morgan fingerprint density at radius 1 is 0.487 bits per heavy atom. The summed E-state index contributed by atoms with van der Waals surface area (Å²) >= 11 is 15.6. The van der Waals surface area contributed by atoms with Gasteiger partial charge < -0.3 is 0 Å². The lowest BCUT2D eigenvalue weighted by atomic mass is 9.81. The van der Waals surface area contributed by atoms with Crippen LogP contribution in [0.5, 0.6) is 0 Å². The summed E-state index contributed by atoms with van der Waals surface area (Å²) in [5.41, 5.74) is 10.7. The molecule has 3 heteroatoms. The Hall–Kier alpha value is -2.84. The minimum Gasteiger partial charge on any atom is -0.110 e. The largest absolute Gasteiger partial charge is 0.110 e. The molecule has 0 amide bonds. The van der Waals surface area contributed by atoms with Crippen molar-refractivity contribution in [1.29, 1.82) is 0 Å². The van der Waals surface area contributed by atoms with Crippen LogP contribution in [-0.2, 0) is 25.7 Å². The molecule has 6 aromatic rings. The van der Waals surface area contributed by atoms with Gasteiger partial charge in [-0.05, 0) is 104 Å². The van der Waals surface area contributed by atoms with E-state index in [2.05, 4.69) is 100 Å². The number of aryl methyl sites for hydroxylation is 2. The molecule has 196 valence electrons. The van der Waals surface area contributed by atoms with E-state index in [1.54, 1.807) is 0 Å². The van der Waals surface area contributed by atoms with Crippen LogP contribution in [0, 0.1) is 0 Å². The number of rotatable bonds is 6. The molecule has 0 unspecified atom stereocenters. The van der Waals surface area contributed by atoms with Crippen molar-refractivity contribution in [3.63, 3.8) is 0 Å². The van der Waals surface area contributed by atoms with Gasteiger partial charge in [0.25, 0.3) is 0 Å². The normalized spacial score (nSPS) is 11.7. The maximum atomic E-state index is 7.04. The quantitative estimate of drug-likeness (QED) is 0.176. The van der Waals surface area contributed by atoms with Crippen LogP contribution < -0.4 is 0 Å². The lowest BCUT2D eigenvalue weighted by molar-refractivity contribution is 0.961. The topological polar surface area (TPSA) is 0 Å². The monoisotopic (exact) mass is 566 g/mol. The SMILES string of the molecule is CCc1c(CC)c(CC)c2cc3c(-c4ccccc4)c4c(Cl)sc(Cl)c4c(-c4ccccc4)c3cc2c1CC. The molecule has 0 fully saturated rings. The smallest absolute Gasteiger partial charge is 0.103 e. The zero-order chi connectivity index (χ0) is 27.3. The molecule has 1 aromatic heterocycles. The fourth-order valence-corrected chi connectivity index (χ4v) is 8.49. The van der Waals surface area contributed by atoms with E-state index in [4.69, 9.17) is 23.2 Å². The zero-order valence-electron chi connectivity index (χ0n) is 22.9. The van der Waals surface area contributed by atoms with Gasteiger partial charge in [-0.3, -0.25) is 0 Å². The highest BCUT2D eigenvalue weighted by molar-refractivity contribution is 7.22. The molecular weight excluding hydrogens is 535 g/mol. The molecular formula is C36H32Cl2S. The maximum absolute atomic E-state index is 7.04. The van der Waals surface area contributed by atoms with E-state index < -0.39 is 0 Å². The van der Waals surface area contributed by atoms with E-state index in [1.165, 1.54) is 66.3 Å². The fraction of sp³-hybridized carbons (Fsp3) is 0.222. The third-order valence-electron chi connectivity index (χ3n) is 8.30. The number of fused-ring (bicyclic) bond motifs is 3. The van der Waals surface area contributed by atoms with E-state index in [0.717, 1.165) is 56.3 Å². The summed E-state index contributed by atoms with van der Waals surface area (Å²) in [4.78, 5) is 0. The van der Waals surface area contributed by atoms with Crippen molar-refractivity contribution in [2.75, 3.05) is 0 Å². The van der Waals surface area contributed by atoms with E-state index in [1.807, 2.05) is 0 Å². The van der Waals surface area contributed by atoms with Crippen molar-refractivity contribution >= 4 is 66.9 Å². The van der Waals surface area contributed by atoms with E-state index in [0.29, 0.717) is 0 Å². The predicted octanol–water partition coefficient (Wildman–Crippen LogP) is 12.1. The number of hydrogen-bond donors (Lipinski definition) is 0. The summed E-state index contributed by atoms with van der Waals surface area (Å²) in [6.45, 7) is 9.21. The molecule has 0 nitrogen and oxygen atoms in total. The third-order valence-corrected chi connectivity index (χ3v) is 9.91. The van der Waals surface area contributed by atoms with Crippen molar-refractivity contribution in [2.45, 2.75) is 53.4 Å². The molecule has 0 aliphatic rings. The van der Waals surface area contributed by atoms with Gasteiger partial charge in [0.05, 0.1) is 0 Å². The number of benzene rings is 5. The van der Waals surface area contributed by atoms with Crippen molar-refractivity contribution < 1.29 is 0 Å². The van der Waals surface area contributed by atoms with Gasteiger partial charge in [-0.15, -0.1) is 11.3 Å². The van der Waals surface area contributed by atoms with Gasteiger partial charge in [0.15, 0.2) is 0 Å². The second-order valence-corrected chi connectivity index (χ2v) is 12.4. The number of halogens is 2. The lowest BCUT2D eigenvalue weighted by Gasteiger charge is -2.23. The Kier molecular flexibility index (Phi) is 7.18. The highest BCUT2D eigenvalue weighted by atomic mass is 35.5. The van der Waals surface area contributed by atoms with Gasteiger partial charge in [-0.2, -0.15) is 0 Å². The number of hydrogen-bond acceptors (Lipinski definition) is 1. The van der Waals surface area contributed by atoms with Crippen LogP contribution >= 0.6 is 34.5 Å². The van der Waals surface area contributed by atoms with Crippen molar-refractivity contribution in [2.24, 2.45) is 0 Å². The van der Waals surface area contributed by atoms with Gasteiger partial charge in [0.2, 0.25) is 0 Å². The van der Waals surface area contributed by atoms with E-state index in [9.17, 15) is 0 Å². The Morgan fingerprint density at radius 3 is 1.18 bits per heavy atom. The molecule has 0 radical (unpaired) electrons. The van der Waals surface area contributed by atoms with Crippen LogP contribution in [0.4, 0.5) is 0 Å². The summed E-state index contributed by atoms with van der Waals surface area (Å²) in [5, 5.41) is 7.34. The molecule has 0 spiro atoms. The maximum Gasteiger partial charge on any atom is 0.103 e. The van der Waals surface area contributed by atoms with Gasteiger partial charge in [-0.25, -0.2) is 0 Å². The molecule has 0 bridgehead atoms. The molecule has 0 saturated carbocycles. The first-order valence-electron chi connectivity index (χ1n) is 14.0. The Morgan fingerprint density at radius 2 is 0.846 bits per heavy atom. The summed E-state index contributed by atoms with van der Waals surface area (Å²) < 4.78 is 1.49. The first-order chi connectivity index (χ1) is 19.0. The average Bonchev–Trinajstić information content (AvgIpc) is 3.27. The summed E-state index contributed by atoms with van der Waals surface area (Å²) in [6, 6.07) is 26.3. The highest BCUT2D eigenvalue weighted by Gasteiger charge is 2.25. The summed E-state index contributed by atoms with van der Waals surface area (Å²) in [5.74, 6) is 0. The van der Waals surface area contributed by atoms with Crippen LogP contribution in [0.25, 0.3) is 54.6 Å². The Bertz CT molecular complexity index is 1710. The van der Waals surface area contributed by atoms with Gasteiger partial charge in [0.1, 0.15) is 8.67 Å². The molecule has 0 atom stereocenters. The molecule has 6 rings (SSSR count). The lowest BCUT2D eigenvalue weighted by Crippen LogP contribution is -2.05. The Labute approximate surface area is 245 Å². The summed E-state index contributed by atoms with van der Waals surface area (Å²) in [7, 11) is 0. The fourth-order valence-electron chi connectivity index (χ4n) is 6.77. The van der Waals surface area contributed by atoms with E-state index in [-0.39, 0.29) is 0 Å². The predicted molar refractivity (Wildman–Crippen MR) is 175 cm³/mol. The highest BCUT2D eigenvalue weighted by Crippen LogP contribution is 2.53. The zero-order valence-corrected chi connectivity index (χ0v) is 25.2. The van der Waals surface area contributed by atoms with Gasteiger partial charge in [0, 0.05) is 10.8 Å². The van der Waals surface area contributed by atoms with Crippen molar-refractivity contribution in [3.05, 3.63) is 104 Å². The van der Waals surface area contributed by atoms with Crippen LogP contribution in [0.1, 0.15) is 49.9 Å². The minimum atomic E-state index is 0.744. The minimum absolute atomic E-state index is 0.744. The molecule has 0 aliphatic heterocycles. The third kappa shape index (κ3) is 4.10. The first-order valence-corrected chi connectivity index (χ1v) is 15.6. The number of thiophene rings is 1. The Balaban J connectivity index is 1.95. The standard InChI is InChI=1S/C36H32Cl2S/c1-5-23-24(6-2)26(8-4)28-20-30-29(19-27(28)25(23)7-3)31(21-15-11-9-12-16-21)33-34(36(38)39-35(33)37)32(30)22-17-13-10-14-18-22/h9-20H,5-8H2,1-4H3. The summed E-state index contributed by atoms with van der Waals surface area (Å²) in [6.07, 6.45) is 4.14. The van der Waals surface area contributed by atoms with Crippen molar-refractivity contribution in [3.8, 4) is 22.3 Å². The van der Waals surface area contributed by atoms with E-state index >= 15 is 0 Å². The van der Waals surface area contributed by atoms with Crippen LogP contribution in [-0.4, -0.2) is 0 Å². The molecule has 0 aliphatic carbocycles. The van der Waals surface area contributed by atoms with Crippen molar-refractivity contribution in [1.82, 2.24) is 0 Å². The second-order valence-electron chi connectivity index (χ2n) is 10.2. The van der Waals surface area contributed by atoms with Gasteiger partial charge in [-0.1, -0.05) is 112 Å². The second kappa shape index (κ2) is 10.6. The molecule has 0 saturated heterocycles. The van der Waals surface area contributed by atoms with Crippen LogP contribution in [0.15, 0.2) is 72.8 Å². The molecule has 5 aromatic carbocycles. The van der Waals surface area contributed by atoms with Gasteiger partial charge >= 0.3 is 0 Å². The first kappa shape index (κ1) is 26.4. The van der Waals surface area contributed by atoms with Crippen LogP contribution in [0.3, 0.4) is 0 Å².